The van der Waals surface area contributed by atoms with Gasteiger partial charge in [0.15, 0.2) is 15.7 Å². The first-order valence-electron chi connectivity index (χ1n) is 20.6. The summed E-state index contributed by atoms with van der Waals surface area (Å²) >= 11 is 0. The Balaban J connectivity index is 1.13. The van der Waals surface area contributed by atoms with Crippen LogP contribution in [0.2, 0.25) is 0 Å². The molecule has 3 saturated heterocycles. The topological polar surface area (TPSA) is 127 Å². The van der Waals surface area contributed by atoms with Gasteiger partial charge in [-0.2, -0.15) is 9.97 Å². The number of halogens is 2. The predicted molar refractivity (Wildman–Crippen MR) is 215 cm³/mol. The number of nitrogens with zero attached hydrogens (tertiary/aromatic N) is 5. The molecular weight excluding hydrogens is 753 g/mol. The number of aryl methyl sites for hydroxylation is 1. The highest BCUT2D eigenvalue weighted by Gasteiger charge is 2.53. The van der Waals surface area contributed by atoms with Gasteiger partial charge in [-0.05, 0) is 97.9 Å². The standard InChI is InChI=1S/C43H53F2N5O6S/c1-5-30-32(44)10-9-25-18-29(51)19-31(34(25)30)37-36(45)38-35(40(46-37)54-4)39(49-14-15-55-23-42(2,3)22-49)48-41(47-38)56-24-43-11-6-8-33(43)50(13-7-12-43)28-16-26-20-57(52,53)21-27(26)17-28/h9-10,18-19,26-28,33,51H,5-8,11-17,20-24H2,1-4H3/t26-,27+,28?,33?,43-/m1/s1. The Labute approximate surface area is 333 Å². The summed E-state index contributed by atoms with van der Waals surface area (Å²) in [6.45, 7) is 9.47. The maximum atomic E-state index is 17.5. The molecule has 2 aliphatic carbocycles. The summed E-state index contributed by atoms with van der Waals surface area (Å²) in [5.74, 6) is 0.395. The smallest absolute Gasteiger partial charge is 0.319 e. The second-order valence-electron chi connectivity index (χ2n) is 18.1. The quantitative estimate of drug-likeness (QED) is 0.196. The third-order valence-electron chi connectivity index (χ3n) is 13.6. The third kappa shape index (κ3) is 6.86. The number of fused-ring (bicyclic) bond motifs is 4. The fourth-order valence-electron chi connectivity index (χ4n) is 11.3. The molecule has 0 bridgehead atoms. The minimum absolute atomic E-state index is 0.0380. The van der Waals surface area contributed by atoms with Crippen molar-refractivity contribution in [1.29, 1.82) is 0 Å². The average Bonchev–Trinajstić information content (AvgIpc) is 3.82. The Bertz CT molecular complexity index is 2320. The summed E-state index contributed by atoms with van der Waals surface area (Å²) < 4.78 is 76.1. The Morgan fingerprint density at radius 2 is 1.79 bits per heavy atom. The molecule has 2 aromatic heterocycles. The zero-order valence-electron chi connectivity index (χ0n) is 33.3. The van der Waals surface area contributed by atoms with E-state index in [1.165, 1.54) is 25.3 Å². The second-order valence-corrected chi connectivity index (χ2v) is 20.2. The van der Waals surface area contributed by atoms with E-state index in [0.717, 1.165) is 51.5 Å². The number of rotatable bonds is 8. The highest BCUT2D eigenvalue weighted by atomic mass is 32.2. The molecule has 5 atom stereocenters. The van der Waals surface area contributed by atoms with Crippen molar-refractivity contribution < 1.29 is 36.5 Å². The van der Waals surface area contributed by atoms with Crippen LogP contribution in [-0.2, 0) is 21.0 Å². The van der Waals surface area contributed by atoms with E-state index >= 15 is 8.78 Å². The highest BCUT2D eigenvalue weighted by Crippen LogP contribution is 2.52. The van der Waals surface area contributed by atoms with Gasteiger partial charge < -0.3 is 24.2 Å². The van der Waals surface area contributed by atoms with Crippen LogP contribution < -0.4 is 14.4 Å². The molecule has 2 aromatic carbocycles. The van der Waals surface area contributed by atoms with Crippen LogP contribution in [0.1, 0.15) is 71.3 Å². The highest BCUT2D eigenvalue weighted by molar-refractivity contribution is 7.91. The molecule has 2 saturated carbocycles. The number of aromatic nitrogens is 3. The van der Waals surface area contributed by atoms with E-state index in [2.05, 4.69) is 23.6 Å². The molecule has 5 aliphatic rings. The minimum atomic E-state index is -2.94. The van der Waals surface area contributed by atoms with E-state index in [0.29, 0.717) is 90.5 Å². The molecule has 11 nitrogen and oxygen atoms in total. The molecule has 9 rings (SSSR count). The van der Waals surface area contributed by atoms with Crippen molar-refractivity contribution >= 4 is 37.3 Å². The van der Waals surface area contributed by atoms with Crippen LogP contribution >= 0.6 is 0 Å². The second kappa shape index (κ2) is 14.4. The van der Waals surface area contributed by atoms with Gasteiger partial charge in [-0.25, -0.2) is 22.2 Å². The zero-order chi connectivity index (χ0) is 39.9. The van der Waals surface area contributed by atoms with E-state index in [9.17, 15) is 13.5 Å². The number of likely N-dealkylation sites (tertiary alicyclic amines) is 1. The molecule has 0 radical (unpaired) electrons. The van der Waals surface area contributed by atoms with Gasteiger partial charge in [0, 0.05) is 41.6 Å². The minimum Gasteiger partial charge on any atom is -0.508 e. The zero-order valence-corrected chi connectivity index (χ0v) is 34.1. The van der Waals surface area contributed by atoms with Gasteiger partial charge in [-0.15, -0.1) is 0 Å². The lowest BCUT2D eigenvalue weighted by molar-refractivity contribution is -0.0223. The number of hydrogen-bond donors (Lipinski definition) is 1. The lowest BCUT2D eigenvalue weighted by atomic mass is 9.75. The summed E-state index contributed by atoms with van der Waals surface area (Å²) in [6, 6.07) is 6.61. The van der Waals surface area contributed by atoms with Crippen LogP contribution in [0.5, 0.6) is 17.6 Å². The van der Waals surface area contributed by atoms with Crippen molar-refractivity contribution in [2.75, 3.05) is 63.0 Å². The molecule has 4 aromatic rings. The maximum Gasteiger partial charge on any atom is 0.319 e. The van der Waals surface area contributed by atoms with Crippen molar-refractivity contribution in [1.82, 2.24) is 19.9 Å². The van der Waals surface area contributed by atoms with E-state index < -0.39 is 21.5 Å². The number of phenols is 1. The van der Waals surface area contributed by atoms with Crippen LogP contribution in [-0.4, -0.2) is 104 Å². The van der Waals surface area contributed by atoms with Crippen LogP contribution in [0.4, 0.5) is 14.6 Å². The van der Waals surface area contributed by atoms with Crippen molar-refractivity contribution in [3.8, 4) is 28.9 Å². The van der Waals surface area contributed by atoms with E-state index in [-0.39, 0.29) is 57.1 Å². The number of piperidine rings is 1. The largest absolute Gasteiger partial charge is 0.508 e. The first kappa shape index (κ1) is 38.6. The number of benzene rings is 2. The molecule has 1 N–H and O–H groups in total. The van der Waals surface area contributed by atoms with E-state index in [1.807, 2.05) is 6.92 Å². The molecule has 2 unspecified atom stereocenters. The first-order valence-corrected chi connectivity index (χ1v) is 22.4. The Kier molecular flexibility index (Phi) is 9.79. The number of ether oxygens (including phenoxy) is 3. The van der Waals surface area contributed by atoms with Crippen LogP contribution in [0.15, 0.2) is 24.3 Å². The summed E-state index contributed by atoms with van der Waals surface area (Å²) in [5.41, 5.74) is 0.0691. The Morgan fingerprint density at radius 3 is 2.54 bits per heavy atom. The van der Waals surface area contributed by atoms with Crippen LogP contribution in [0, 0.1) is 34.3 Å². The lowest BCUT2D eigenvalue weighted by Crippen LogP contribution is -2.55. The Hall–Kier alpha value is -3.88. The van der Waals surface area contributed by atoms with E-state index in [4.69, 9.17) is 29.2 Å². The molecule has 306 valence electrons. The summed E-state index contributed by atoms with van der Waals surface area (Å²) in [5, 5.41) is 12.1. The fraction of sp³-hybridized carbons (Fsp3) is 0.605. The molecule has 0 spiro atoms. The number of anilines is 1. The van der Waals surface area contributed by atoms with Crippen LogP contribution in [0.3, 0.4) is 0 Å². The van der Waals surface area contributed by atoms with Gasteiger partial charge in [0.25, 0.3) is 0 Å². The van der Waals surface area contributed by atoms with Gasteiger partial charge in [0.1, 0.15) is 34.0 Å². The normalized spacial score (nSPS) is 28.4. The summed E-state index contributed by atoms with van der Waals surface area (Å²) in [4.78, 5) is 19.3. The number of aromatic hydroxyl groups is 1. The number of methoxy groups -OCH3 is 1. The molecule has 57 heavy (non-hydrogen) atoms. The van der Waals surface area contributed by atoms with Crippen molar-refractivity contribution in [3.63, 3.8) is 0 Å². The van der Waals surface area contributed by atoms with Gasteiger partial charge in [-0.1, -0.05) is 33.3 Å². The SMILES string of the molecule is CCc1c(F)ccc2cc(O)cc(-c3nc(OC)c4c(N5CCOCC(C)(C)C5)nc(OC[C@]56CCCC5N(C5C[C@@H]7CS(=O)(=O)C[C@@H]7C5)CCC6)nc4c3F)c12. The molecule has 5 fully saturated rings. The third-order valence-corrected chi connectivity index (χ3v) is 15.5. The first-order chi connectivity index (χ1) is 27.3. The van der Waals surface area contributed by atoms with Crippen molar-refractivity contribution in [3.05, 3.63) is 41.5 Å². The maximum absolute atomic E-state index is 17.5. The number of phenolic OH excluding ortho intramolecular Hbond substituents is 1. The van der Waals surface area contributed by atoms with E-state index in [1.54, 1.807) is 6.07 Å². The summed E-state index contributed by atoms with van der Waals surface area (Å²) in [6.07, 6.45) is 7.35. The molecule has 14 heteroatoms. The molecule has 3 aliphatic heterocycles. The summed E-state index contributed by atoms with van der Waals surface area (Å²) in [7, 11) is -1.47. The molecule has 5 heterocycles. The fourth-order valence-corrected chi connectivity index (χ4v) is 13.5. The Morgan fingerprint density at radius 1 is 1.02 bits per heavy atom. The number of pyridine rings is 1. The number of sulfone groups is 1. The molecule has 0 amide bonds. The van der Waals surface area contributed by atoms with Crippen LogP contribution in [0.25, 0.3) is 32.9 Å². The van der Waals surface area contributed by atoms with Gasteiger partial charge in [-0.3, -0.25) is 4.90 Å². The van der Waals surface area contributed by atoms with Gasteiger partial charge in [0.2, 0.25) is 5.88 Å². The monoisotopic (exact) mass is 805 g/mol. The average molecular weight is 806 g/mol. The van der Waals surface area contributed by atoms with Crippen molar-refractivity contribution in [2.24, 2.45) is 22.7 Å². The van der Waals surface area contributed by atoms with Gasteiger partial charge in [0.05, 0.1) is 38.4 Å². The number of hydrogen-bond acceptors (Lipinski definition) is 11. The predicted octanol–water partition coefficient (Wildman–Crippen LogP) is 7.10. The van der Waals surface area contributed by atoms with Crippen molar-refractivity contribution in [2.45, 2.75) is 84.2 Å². The molecular formula is C43H53F2N5O6S. The lowest BCUT2D eigenvalue weighted by Gasteiger charge is -2.48. The van der Waals surface area contributed by atoms with Gasteiger partial charge >= 0.3 is 6.01 Å².